The van der Waals surface area contributed by atoms with E-state index >= 15 is 0 Å². The number of carbonyl (C=O) groups is 4. The predicted octanol–water partition coefficient (Wildman–Crippen LogP) is 2.56. The second kappa shape index (κ2) is 8.77. The Labute approximate surface area is 173 Å². The molecular weight excluding hydrogens is 388 g/mol. The number of hydrogen-bond acceptors (Lipinski definition) is 6. The number of nitrogens with zero attached hydrogens (tertiary/aromatic N) is 1. The largest absolute Gasteiger partial charge is 0.465 e. The van der Waals surface area contributed by atoms with Crippen LogP contribution in [0.5, 0.6) is 0 Å². The maximum absolute atomic E-state index is 12.9. The average Bonchev–Trinajstić information content (AvgIpc) is 3.14. The van der Waals surface area contributed by atoms with E-state index in [-0.39, 0.29) is 35.7 Å². The van der Waals surface area contributed by atoms with Gasteiger partial charge in [0.2, 0.25) is 11.8 Å². The van der Waals surface area contributed by atoms with Crippen molar-refractivity contribution in [1.29, 1.82) is 0 Å². The van der Waals surface area contributed by atoms with Gasteiger partial charge in [0.05, 0.1) is 37.0 Å². The van der Waals surface area contributed by atoms with Gasteiger partial charge in [0, 0.05) is 18.7 Å². The van der Waals surface area contributed by atoms with E-state index in [0.29, 0.717) is 0 Å². The van der Waals surface area contributed by atoms with Gasteiger partial charge >= 0.3 is 11.9 Å². The summed E-state index contributed by atoms with van der Waals surface area (Å²) in [5.74, 6) is -2.46. The van der Waals surface area contributed by atoms with Gasteiger partial charge < -0.3 is 19.7 Å². The van der Waals surface area contributed by atoms with Crippen molar-refractivity contribution in [1.82, 2.24) is 0 Å². The van der Waals surface area contributed by atoms with E-state index < -0.39 is 23.8 Å². The number of methoxy groups -OCH3 is 2. The van der Waals surface area contributed by atoms with Crippen molar-refractivity contribution in [2.24, 2.45) is 5.92 Å². The summed E-state index contributed by atoms with van der Waals surface area (Å²) in [5.41, 5.74) is 2.13. The molecule has 0 aromatic heterocycles. The molecule has 2 aromatic carbocycles. The lowest BCUT2D eigenvalue weighted by atomic mass is 10.1. The van der Waals surface area contributed by atoms with E-state index in [1.54, 1.807) is 4.90 Å². The molecule has 8 heteroatoms. The highest BCUT2D eigenvalue weighted by atomic mass is 16.5. The van der Waals surface area contributed by atoms with Gasteiger partial charge in [-0.3, -0.25) is 9.59 Å². The minimum Gasteiger partial charge on any atom is -0.465 e. The average molecular weight is 410 g/mol. The maximum Gasteiger partial charge on any atom is 0.339 e. The standard InChI is InChI=1S/C22H22N2O6/c1-13-5-4-6-16(9-13)24-12-15(11-19(24)25)20(26)23-18-10-14(21(27)29-2)7-8-17(18)22(28)30-3/h4-10,15H,11-12H2,1-3H3,(H,23,26). The molecule has 1 N–H and O–H groups in total. The number of esters is 2. The molecule has 3 rings (SSSR count). The van der Waals surface area contributed by atoms with Crippen LogP contribution >= 0.6 is 0 Å². The fourth-order valence-corrected chi connectivity index (χ4v) is 3.34. The van der Waals surface area contributed by atoms with Gasteiger partial charge in [-0.15, -0.1) is 0 Å². The molecule has 1 atom stereocenters. The first kappa shape index (κ1) is 21.0. The van der Waals surface area contributed by atoms with Crippen LogP contribution in [0.4, 0.5) is 11.4 Å². The van der Waals surface area contributed by atoms with E-state index in [9.17, 15) is 19.2 Å². The topological polar surface area (TPSA) is 102 Å². The lowest BCUT2D eigenvalue weighted by Crippen LogP contribution is -2.28. The van der Waals surface area contributed by atoms with Crippen LogP contribution < -0.4 is 10.2 Å². The molecule has 2 aromatic rings. The minimum absolute atomic E-state index is 0.0457. The molecule has 156 valence electrons. The van der Waals surface area contributed by atoms with Crippen LogP contribution in [0, 0.1) is 12.8 Å². The molecule has 2 amide bonds. The number of carbonyl (C=O) groups excluding carboxylic acids is 4. The summed E-state index contributed by atoms with van der Waals surface area (Å²) >= 11 is 0. The Kier molecular flexibility index (Phi) is 6.15. The van der Waals surface area contributed by atoms with Crippen molar-refractivity contribution >= 4 is 35.1 Å². The van der Waals surface area contributed by atoms with Crippen molar-refractivity contribution in [3.8, 4) is 0 Å². The first-order chi connectivity index (χ1) is 14.3. The third-order valence-electron chi connectivity index (χ3n) is 4.91. The van der Waals surface area contributed by atoms with Gasteiger partial charge in [0.15, 0.2) is 0 Å². The third kappa shape index (κ3) is 4.32. The quantitative estimate of drug-likeness (QED) is 0.760. The monoisotopic (exact) mass is 410 g/mol. The first-order valence-corrected chi connectivity index (χ1v) is 9.32. The second-order valence-electron chi connectivity index (χ2n) is 6.98. The number of aryl methyl sites for hydroxylation is 1. The molecule has 1 saturated heterocycles. The Balaban J connectivity index is 1.82. The highest BCUT2D eigenvalue weighted by Crippen LogP contribution is 2.28. The van der Waals surface area contributed by atoms with E-state index in [1.807, 2.05) is 31.2 Å². The van der Waals surface area contributed by atoms with Gasteiger partial charge in [0.25, 0.3) is 0 Å². The van der Waals surface area contributed by atoms with E-state index in [1.165, 1.54) is 32.4 Å². The highest BCUT2D eigenvalue weighted by Gasteiger charge is 2.35. The summed E-state index contributed by atoms with van der Waals surface area (Å²) < 4.78 is 9.44. The molecule has 1 heterocycles. The van der Waals surface area contributed by atoms with Crippen molar-refractivity contribution in [3.63, 3.8) is 0 Å². The van der Waals surface area contributed by atoms with E-state index in [2.05, 4.69) is 5.32 Å². The van der Waals surface area contributed by atoms with Crippen molar-refractivity contribution in [2.45, 2.75) is 13.3 Å². The Morgan fingerprint density at radius 3 is 2.43 bits per heavy atom. The van der Waals surface area contributed by atoms with Gasteiger partial charge in [-0.2, -0.15) is 0 Å². The number of ether oxygens (including phenoxy) is 2. The number of nitrogens with one attached hydrogen (secondary N) is 1. The summed E-state index contributed by atoms with van der Waals surface area (Å²) in [4.78, 5) is 50.8. The Bertz CT molecular complexity index is 1020. The van der Waals surface area contributed by atoms with Crippen molar-refractivity contribution < 1.29 is 28.7 Å². The SMILES string of the molecule is COC(=O)c1ccc(C(=O)OC)c(NC(=O)C2CC(=O)N(c3cccc(C)c3)C2)c1. The van der Waals surface area contributed by atoms with E-state index in [4.69, 9.17) is 9.47 Å². The van der Waals surface area contributed by atoms with Crippen LogP contribution in [0.3, 0.4) is 0 Å². The van der Waals surface area contributed by atoms with Gasteiger partial charge in [-0.25, -0.2) is 9.59 Å². The second-order valence-corrected chi connectivity index (χ2v) is 6.98. The fraction of sp³-hybridized carbons (Fsp3) is 0.273. The summed E-state index contributed by atoms with van der Waals surface area (Å²) in [6.45, 7) is 2.15. The van der Waals surface area contributed by atoms with E-state index in [0.717, 1.165) is 11.3 Å². The van der Waals surface area contributed by atoms with Gasteiger partial charge in [-0.1, -0.05) is 12.1 Å². The third-order valence-corrected chi connectivity index (χ3v) is 4.91. The molecule has 0 spiro atoms. The van der Waals surface area contributed by atoms with Gasteiger partial charge in [-0.05, 0) is 42.8 Å². The summed E-state index contributed by atoms with van der Waals surface area (Å²) in [6.07, 6.45) is 0.0457. The molecule has 0 radical (unpaired) electrons. The molecule has 1 fully saturated rings. The molecule has 1 unspecified atom stereocenters. The number of anilines is 2. The highest BCUT2D eigenvalue weighted by molar-refractivity contribution is 6.07. The Morgan fingerprint density at radius 2 is 1.77 bits per heavy atom. The first-order valence-electron chi connectivity index (χ1n) is 9.32. The molecule has 0 aliphatic carbocycles. The Morgan fingerprint density at radius 1 is 1.03 bits per heavy atom. The zero-order valence-corrected chi connectivity index (χ0v) is 16.9. The number of amides is 2. The van der Waals surface area contributed by atoms with Gasteiger partial charge in [0.1, 0.15) is 0 Å². The number of hydrogen-bond donors (Lipinski definition) is 1. The van der Waals surface area contributed by atoms with Crippen LogP contribution in [0.15, 0.2) is 42.5 Å². The summed E-state index contributed by atoms with van der Waals surface area (Å²) in [6, 6.07) is 11.6. The fourth-order valence-electron chi connectivity index (χ4n) is 3.34. The van der Waals surface area contributed by atoms with Crippen LogP contribution in [-0.2, 0) is 19.1 Å². The summed E-state index contributed by atoms with van der Waals surface area (Å²) in [7, 11) is 2.45. The smallest absolute Gasteiger partial charge is 0.339 e. The molecule has 8 nitrogen and oxygen atoms in total. The molecular formula is C22H22N2O6. The molecule has 1 aliphatic heterocycles. The minimum atomic E-state index is -0.661. The molecule has 1 aliphatic rings. The molecule has 30 heavy (non-hydrogen) atoms. The molecule has 0 bridgehead atoms. The normalized spacial score (nSPS) is 15.6. The lowest BCUT2D eigenvalue weighted by Gasteiger charge is -2.17. The van der Waals surface area contributed by atoms with Crippen LogP contribution in [0.25, 0.3) is 0 Å². The van der Waals surface area contributed by atoms with Crippen molar-refractivity contribution in [3.05, 3.63) is 59.2 Å². The maximum atomic E-state index is 12.9. The van der Waals surface area contributed by atoms with Crippen LogP contribution in [0.2, 0.25) is 0 Å². The number of benzene rings is 2. The zero-order valence-electron chi connectivity index (χ0n) is 16.9. The zero-order chi connectivity index (χ0) is 21.8. The summed E-state index contributed by atoms with van der Waals surface area (Å²) in [5, 5.41) is 2.66. The number of rotatable bonds is 5. The van der Waals surface area contributed by atoms with Crippen LogP contribution in [0.1, 0.15) is 32.7 Å². The predicted molar refractivity (Wildman–Crippen MR) is 109 cm³/mol. The van der Waals surface area contributed by atoms with Crippen molar-refractivity contribution in [2.75, 3.05) is 31.0 Å². The Hall–Kier alpha value is -3.68. The molecule has 0 saturated carbocycles. The van der Waals surface area contributed by atoms with Crippen LogP contribution in [-0.4, -0.2) is 44.5 Å². The lowest BCUT2D eigenvalue weighted by molar-refractivity contribution is -0.122.